The molecule has 2 aliphatic rings. The van der Waals surface area contributed by atoms with Crippen LogP contribution in [0.4, 0.5) is 0 Å². The second kappa shape index (κ2) is 6.36. The lowest BCUT2D eigenvalue weighted by molar-refractivity contribution is 0.0518. The Labute approximate surface area is 112 Å². The molecule has 0 aliphatic carbocycles. The molecule has 0 aromatic carbocycles. The first-order valence-electron chi connectivity index (χ1n) is 7.62. The number of nitrogens with one attached hydrogen (secondary N) is 1. The van der Waals surface area contributed by atoms with Gasteiger partial charge in [0, 0.05) is 26.2 Å². The van der Waals surface area contributed by atoms with Crippen LogP contribution in [-0.4, -0.2) is 50.3 Å². The van der Waals surface area contributed by atoms with Crippen LogP contribution in [0.3, 0.4) is 0 Å². The van der Waals surface area contributed by atoms with E-state index in [1.54, 1.807) is 0 Å². The van der Waals surface area contributed by atoms with Gasteiger partial charge in [-0.3, -0.25) is 0 Å². The maximum atomic E-state index is 5.74. The molecule has 3 heteroatoms. The topological polar surface area (TPSA) is 24.5 Å². The summed E-state index contributed by atoms with van der Waals surface area (Å²) < 4.78 is 5.74. The van der Waals surface area contributed by atoms with Crippen molar-refractivity contribution < 1.29 is 4.74 Å². The highest BCUT2D eigenvalue weighted by molar-refractivity contribution is 4.86. The molecular weight excluding hydrogens is 224 g/mol. The maximum absolute atomic E-state index is 5.74. The first-order valence-corrected chi connectivity index (χ1v) is 7.62. The van der Waals surface area contributed by atoms with Crippen molar-refractivity contribution in [2.45, 2.75) is 46.1 Å². The fraction of sp³-hybridized carbons (Fsp3) is 1.00. The van der Waals surface area contributed by atoms with Gasteiger partial charge in [0.25, 0.3) is 0 Å². The third kappa shape index (κ3) is 3.94. The van der Waals surface area contributed by atoms with Crippen LogP contribution in [0.15, 0.2) is 0 Å². The summed E-state index contributed by atoms with van der Waals surface area (Å²) in [4.78, 5) is 2.62. The number of ether oxygens (including phenoxy) is 1. The van der Waals surface area contributed by atoms with Gasteiger partial charge in [0.05, 0.1) is 6.10 Å². The number of hydrogen-bond donors (Lipinski definition) is 1. The molecule has 0 aromatic heterocycles. The molecule has 2 atom stereocenters. The third-order valence-corrected chi connectivity index (χ3v) is 4.57. The molecule has 18 heavy (non-hydrogen) atoms. The van der Waals surface area contributed by atoms with Crippen LogP contribution >= 0.6 is 0 Å². The van der Waals surface area contributed by atoms with Crippen LogP contribution in [0, 0.1) is 11.3 Å². The molecule has 2 aliphatic heterocycles. The SMILES string of the molecule is CC1CN(CC(C)(C)C2CCCNC2)CCCO1. The molecule has 0 aromatic rings. The molecule has 106 valence electrons. The Morgan fingerprint density at radius 3 is 2.89 bits per heavy atom. The van der Waals surface area contributed by atoms with E-state index in [1.807, 2.05) is 0 Å². The van der Waals surface area contributed by atoms with Crippen LogP contribution in [0.2, 0.25) is 0 Å². The normalized spacial score (nSPS) is 32.2. The molecular formula is C15H30N2O. The summed E-state index contributed by atoms with van der Waals surface area (Å²) in [6.45, 7) is 14.0. The van der Waals surface area contributed by atoms with Crippen molar-refractivity contribution in [1.82, 2.24) is 10.2 Å². The molecule has 2 heterocycles. The van der Waals surface area contributed by atoms with Gasteiger partial charge in [0.2, 0.25) is 0 Å². The average Bonchev–Trinajstić information content (AvgIpc) is 2.54. The van der Waals surface area contributed by atoms with Crippen molar-refractivity contribution >= 4 is 0 Å². The summed E-state index contributed by atoms with van der Waals surface area (Å²) in [5.41, 5.74) is 0.414. The van der Waals surface area contributed by atoms with Gasteiger partial charge in [-0.15, -0.1) is 0 Å². The lowest BCUT2D eigenvalue weighted by Crippen LogP contribution is -2.46. The van der Waals surface area contributed by atoms with Crippen LogP contribution in [-0.2, 0) is 4.74 Å². The van der Waals surface area contributed by atoms with E-state index in [0.717, 1.165) is 19.1 Å². The van der Waals surface area contributed by atoms with Crippen molar-refractivity contribution in [2.24, 2.45) is 11.3 Å². The fourth-order valence-corrected chi connectivity index (χ4v) is 3.45. The summed E-state index contributed by atoms with van der Waals surface area (Å²) in [7, 11) is 0. The van der Waals surface area contributed by atoms with E-state index in [4.69, 9.17) is 4.74 Å². The van der Waals surface area contributed by atoms with E-state index in [1.165, 1.54) is 45.4 Å². The Morgan fingerprint density at radius 1 is 1.33 bits per heavy atom. The van der Waals surface area contributed by atoms with Crippen LogP contribution < -0.4 is 5.32 Å². The smallest absolute Gasteiger partial charge is 0.0673 e. The molecule has 0 saturated carbocycles. The first kappa shape index (κ1) is 14.3. The minimum Gasteiger partial charge on any atom is -0.377 e. The predicted molar refractivity (Wildman–Crippen MR) is 75.8 cm³/mol. The standard InChI is InChI=1S/C15H30N2O/c1-13-11-17(8-5-9-18-13)12-15(2,3)14-6-4-7-16-10-14/h13-14,16H,4-12H2,1-3H3. The predicted octanol–water partition coefficient (Wildman–Crippen LogP) is 2.12. The number of nitrogens with zero attached hydrogens (tertiary/aromatic N) is 1. The molecule has 0 radical (unpaired) electrons. The largest absolute Gasteiger partial charge is 0.377 e. The van der Waals surface area contributed by atoms with E-state index >= 15 is 0 Å². The minimum atomic E-state index is 0.396. The zero-order chi connectivity index (χ0) is 13.0. The van der Waals surface area contributed by atoms with Crippen molar-refractivity contribution in [2.75, 3.05) is 39.3 Å². The maximum Gasteiger partial charge on any atom is 0.0673 e. The highest BCUT2D eigenvalue weighted by Crippen LogP contribution is 2.33. The highest BCUT2D eigenvalue weighted by Gasteiger charge is 2.32. The Hall–Kier alpha value is -0.120. The van der Waals surface area contributed by atoms with Crippen molar-refractivity contribution in [3.63, 3.8) is 0 Å². The van der Waals surface area contributed by atoms with Gasteiger partial charge in [-0.25, -0.2) is 0 Å². The Kier molecular flexibility index (Phi) is 5.05. The van der Waals surface area contributed by atoms with E-state index in [-0.39, 0.29) is 0 Å². The number of rotatable bonds is 3. The zero-order valence-corrected chi connectivity index (χ0v) is 12.4. The van der Waals surface area contributed by atoms with Gasteiger partial charge in [-0.2, -0.15) is 0 Å². The molecule has 0 amide bonds. The Morgan fingerprint density at radius 2 is 2.17 bits per heavy atom. The lowest BCUT2D eigenvalue weighted by atomic mass is 9.74. The van der Waals surface area contributed by atoms with Gasteiger partial charge < -0.3 is 15.0 Å². The molecule has 0 spiro atoms. The average molecular weight is 254 g/mol. The lowest BCUT2D eigenvalue weighted by Gasteiger charge is -2.41. The quantitative estimate of drug-likeness (QED) is 0.835. The van der Waals surface area contributed by atoms with Crippen LogP contribution in [0.5, 0.6) is 0 Å². The summed E-state index contributed by atoms with van der Waals surface area (Å²) in [6.07, 6.45) is 4.31. The van der Waals surface area contributed by atoms with E-state index in [0.29, 0.717) is 11.5 Å². The second-order valence-corrected chi connectivity index (χ2v) is 6.80. The molecule has 2 saturated heterocycles. The monoisotopic (exact) mass is 254 g/mol. The van der Waals surface area contributed by atoms with Gasteiger partial charge in [-0.05, 0) is 50.6 Å². The highest BCUT2D eigenvalue weighted by atomic mass is 16.5. The first-order chi connectivity index (χ1) is 8.58. The molecule has 2 fully saturated rings. The number of hydrogen-bond acceptors (Lipinski definition) is 3. The summed E-state index contributed by atoms with van der Waals surface area (Å²) in [6, 6.07) is 0. The molecule has 0 bridgehead atoms. The summed E-state index contributed by atoms with van der Waals surface area (Å²) in [5, 5.41) is 3.56. The van der Waals surface area contributed by atoms with Crippen molar-refractivity contribution in [3.8, 4) is 0 Å². The summed E-state index contributed by atoms with van der Waals surface area (Å²) in [5.74, 6) is 0.825. The van der Waals surface area contributed by atoms with Gasteiger partial charge in [-0.1, -0.05) is 13.8 Å². The second-order valence-electron chi connectivity index (χ2n) is 6.80. The van der Waals surface area contributed by atoms with Gasteiger partial charge in [0.15, 0.2) is 0 Å². The van der Waals surface area contributed by atoms with E-state index in [2.05, 4.69) is 31.0 Å². The summed E-state index contributed by atoms with van der Waals surface area (Å²) >= 11 is 0. The fourth-order valence-electron chi connectivity index (χ4n) is 3.45. The van der Waals surface area contributed by atoms with Gasteiger partial charge >= 0.3 is 0 Å². The minimum absolute atomic E-state index is 0.396. The Balaban J connectivity index is 1.88. The third-order valence-electron chi connectivity index (χ3n) is 4.57. The zero-order valence-electron chi connectivity index (χ0n) is 12.4. The van der Waals surface area contributed by atoms with E-state index in [9.17, 15) is 0 Å². The Bertz CT molecular complexity index is 249. The molecule has 2 unspecified atom stereocenters. The van der Waals surface area contributed by atoms with E-state index < -0.39 is 0 Å². The van der Waals surface area contributed by atoms with Gasteiger partial charge in [0.1, 0.15) is 0 Å². The molecule has 2 rings (SSSR count). The number of piperidine rings is 1. The van der Waals surface area contributed by atoms with Crippen molar-refractivity contribution in [1.29, 1.82) is 0 Å². The molecule has 1 N–H and O–H groups in total. The van der Waals surface area contributed by atoms with Crippen LogP contribution in [0.1, 0.15) is 40.0 Å². The van der Waals surface area contributed by atoms with Crippen molar-refractivity contribution in [3.05, 3.63) is 0 Å². The van der Waals surface area contributed by atoms with Crippen LogP contribution in [0.25, 0.3) is 0 Å². The molecule has 3 nitrogen and oxygen atoms in total.